The Morgan fingerprint density at radius 1 is 1.50 bits per heavy atom. The summed E-state index contributed by atoms with van der Waals surface area (Å²) in [5, 5.41) is 17.8. The maximum Gasteiger partial charge on any atom is 0.406 e. The van der Waals surface area contributed by atoms with Crippen molar-refractivity contribution in [3.05, 3.63) is 11.9 Å². The zero-order valence-electron chi connectivity index (χ0n) is 10.4. The number of carbonyl (C=O) groups excluding carboxylic acids is 1. The van der Waals surface area contributed by atoms with Crippen molar-refractivity contribution in [1.29, 1.82) is 0 Å². The van der Waals surface area contributed by atoms with E-state index in [4.69, 9.17) is 5.11 Å². The monoisotopic (exact) mass is 295 g/mol. The summed E-state index contributed by atoms with van der Waals surface area (Å²) >= 11 is 0. The second-order valence-electron chi connectivity index (χ2n) is 3.93. The molecule has 1 heterocycles. The highest BCUT2D eigenvalue weighted by molar-refractivity contribution is 5.73. The van der Waals surface area contributed by atoms with Gasteiger partial charge in [0.05, 0.1) is 12.7 Å². The van der Waals surface area contributed by atoms with Crippen LogP contribution in [0.3, 0.4) is 0 Å². The van der Waals surface area contributed by atoms with E-state index in [-0.39, 0.29) is 12.2 Å². The first-order valence-electron chi connectivity index (χ1n) is 5.34. The maximum atomic E-state index is 12.1. The van der Waals surface area contributed by atoms with Crippen LogP contribution in [0.2, 0.25) is 0 Å². The maximum absolute atomic E-state index is 12.1. The van der Waals surface area contributed by atoms with Crippen molar-refractivity contribution in [2.75, 3.05) is 13.6 Å². The molecule has 1 aromatic heterocycles. The molecule has 0 aliphatic rings. The van der Waals surface area contributed by atoms with Gasteiger partial charge in [-0.05, 0) is 0 Å². The van der Waals surface area contributed by atoms with Gasteiger partial charge in [-0.25, -0.2) is 9.48 Å². The van der Waals surface area contributed by atoms with Crippen molar-refractivity contribution in [1.82, 2.24) is 25.2 Å². The lowest BCUT2D eigenvalue weighted by Gasteiger charge is -2.18. The Hall–Kier alpha value is -2.33. The summed E-state index contributed by atoms with van der Waals surface area (Å²) in [5.41, 5.74) is 0.236. The van der Waals surface area contributed by atoms with Gasteiger partial charge < -0.3 is 15.3 Å². The van der Waals surface area contributed by atoms with Crippen molar-refractivity contribution in [2.24, 2.45) is 0 Å². The third kappa shape index (κ3) is 5.54. The number of alkyl halides is 3. The van der Waals surface area contributed by atoms with Crippen LogP contribution in [0.4, 0.5) is 18.0 Å². The van der Waals surface area contributed by atoms with Crippen LogP contribution in [0.1, 0.15) is 5.69 Å². The minimum atomic E-state index is -4.48. The van der Waals surface area contributed by atoms with Crippen molar-refractivity contribution >= 4 is 12.0 Å². The average Bonchev–Trinajstić information content (AvgIpc) is 2.70. The highest BCUT2D eigenvalue weighted by Crippen LogP contribution is 2.15. The van der Waals surface area contributed by atoms with Gasteiger partial charge >= 0.3 is 18.2 Å². The second kappa shape index (κ2) is 6.21. The number of aromatic nitrogens is 3. The van der Waals surface area contributed by atoms with E-state index in [1.165, 1.54) is 6.20 Å². The molecule has 0 spiro atoms. The molecule has 2 amide bonds. The van der Waals surface area contributed by atoms with Gasteiger partial charge in [0, 0.05) is 7.05 Å². The third-order valence-corrected chi connectivity index (χ3v) is 2.07. The number of aliphatic carboxylic acids is 1. The lowest BCUT2D eigenvalue weighted by Crippen LogP contribution is -2.42. The van der Waals surface area contributed by atoms with E-state index in [0.717, 1.165) is 11.7 Å². The van der Waals surface area contributed by atoms with Crippen LogP contribution in [-0.4, -0.2) is 56.8 Å². The third-order valence-electron chi connectivity index (χ3n) is 2.07. The fourth-order valence-electron chi connectivity index (χ4n) is 1.28. The molecule has 8 nitrogen and oxygen atoms in total. The zero-order chi connectivity index (χ0) is 15.3. The molecule has 0 radical (unpaired) electrons. The van der Waals surface area contributed by atoms with Gasteiger partial charge in [-0.1, -0.05) is 5.21 Å². The molecule has 0 atom stereocenters. The average molecular weight is 295 g/mol. The molecule has 0 fully saturated rings. The predicted molar refractivity (Wildman–Crippen MR) is 58.6 cm³/mol. The molecule has 11 heteroatoms. The van der Waals surface area contributed by atoms with Crippen molar-refractivity contribution in [3.63, 3.8) is 0 Å². The Morgan fingerprint density at radius 3 is 2.70 bits per heavy atom. The summed E-state index contributed by atoms with van der Waals surface area (Å²) in [6.45, 7) is -1.92. The molecule has 1 rings (SSSR count). The van der Waals surface area contributed by atoms with Gasteiger partial charge in [0.1, 0.15) is 18.8 Å². The molecule has 0 bridgehead atoms. The fourth-order valence-corrected chi connectivity index (χ4v) is 1.28. The van der Waals surface area contributed by atoms with Crippen molar-refractivity contribution in [3.8, 4) is 0 Å². The van der Waals surface area contributed by atoms with Crippen LogP contribution in [0, 0.1) is 0 Å². The van der Waals surface area contributed by atoms with E-state index in [2.05, 4.69) is 15.6 Å². The molecule has 0 aromatic carbocycles. The summed E-state index contributed by atoms with van der Waals surface area (Å²) in [6.07, 6.45) is -3.20. The van der Waals surface area contributed by atoms with Gasteiger partial charge in [-0.3, -0.25) is 4.79 Å². The number of urea groups is 1. The molecular weight excluding hydrogens is 283 g/mol. The lowest BCUT2D eigenvalue weighted by molar-refractivity contribution is -0.138. The number of halogens is 3. The van der Waals surface area contributed by atoms with Crippen LogP contribution in [0.5, 0.6) is 0 Å². The van der Waals surface area contributed by atoms with Crippen LogP contribution in [0.25, 0.3) is 0 Å². The summed E-state index contributed by atoms with van der Waals surface area (Å²) in [7, 11) is 1.00. The van der Waals surface area contributed by atoms with E-state index >= 15 is 0 Å². The summed E-state index contributed by atoms with van der Waals surface area (Å²) in [5.74, 6) is -1.12. The molecule has 112 valence electrons. The molecule has 1 aromatic rings. The molecule has 0 aliphatic carbocycles. The molecule has 2 N–H and O–H groups in total. The number of nitrogens with zero attached hydrogens (tertiary/aromatic N) is 4. The van der Waals surface area contributed by atoms with Gasteiger partial charge in [0.2, 0.25) is 0 Å². The van der Waals surface area contributed by atoms with Crippen LogP contribution in [0.15, 0.2) is 6.20 Å². The van der Waals surface area contributed by atoms with Crippen molar-refractivity contribution in [2.45, 2.75) is 19.3 Å². The van der Waals surface area contributed by atoms with Crippen LogP contribution >= 0.6 is 0 Å². The largest absolute Gasteiger partial charge is 0.480 e. The second-order valence-corrected chi connectivity index (χ2v) is 3.93. The normalized spacial score (nSPS) is 11.2. The molecular formula is C9H12F3N5O3. The zero-order valence-corrected chi connectivity index (χ0v) is 10.4. The first-order chi connectivity index (χ1) is 9.17. The smallest absolute Gasteiger partial charge is 0.406 e. The Balaban J connectivity index is 2.44. The van der Waals surface area contributed by atoms with Gasteiger partial charge in [-0.15, -0.1) is 5.10 Å². The number of carboxylic acid groups (broad SMARTS) is 1. The van der Waals surface area contributed by atoms with E-state index < -0.39 is 31.3 Å². The molecule has 0 saturated heterocycles. The Bertz CT molecular complexity index is 487. The highest BCUT2D eigenvalue weighted by atomic mass is 19.4. The number of amides is 2. The summed E-state index contributed by atoms with van der Waals surface area (Å²) < 4.78 is 37.2. The summed E-state index contributed by atoms with van der Waals surface area (Å²) in [6, 6.07) is -0.921. The first kappa shape index (κ1) is 15.7. The standard InChI is InChI=1S/C9H12F3N5O3/c1-16(5-9(10,11)12)8(20)13-2-6-3-17(15-14-6)4-7(18)19/h3H,2,4-5H2,1H3,(H,13,20)(H,18,19). The Labute approximate surface area is 111 Å². The van der Waals surface area contributed by atoms with E-state index in [1.54, 1.807) is 0 Å². The number of carbonyl (C=O) groups is 2. The Kier molecular flexibility index (Phi) is 4.88. The Morgan fingerprint density at radius 2 is 2.15 bits per heavy atom. The fraction of sp³-hybridized carbons (Fsp3) is 0.556. The number of hydrogen-bond donors (Lipinski definition) is 2. The lowest BCUT2D eigenvalue weighted by atomic mass is 10.4. The molecule has 0 saturated carbocycles. The van der Waals surface area contributed by atoms with E-state index in [9.17, 15) is 22.8 Å². The number of nitrogens with one attached hydrogen (secondary N) is 1. The minimum absolute atomic E-state index is 0.152. The summed E-state index contributed by atoms with van der Waals surface area (Å²) in [4.78, 5) is 22.2. The van der Waals surface area contributed by atoms with E-state index in [1.807, 2.05) is 0 Å². The van der Waals surface area contributed by atoms with Crippen molar-refractivity contribution < 1.29 is 27.9 Å². The topological polar surface area (TPSA) is 100 Å². The van der Waals surface area contributed by atoms with Crippen LogP contribution < -0.4 is 5.32 Å². The van der Waals surface area contributed by atoms with Gasteiger partial charge in [0.25, 0.3) is 0 Å². The first-order valence-corrected chi connectivity index (χ1v) is 5.34. The number of rotatable bonds is 5. The predicted octanol–water partition coefficient (Wildman–Crippen LogP) is 0.0664. The SMILES string of the molecule is CN(CC(F)(F)F)C(=O)NCc1cn(CC(=O)O)nn1. The van der Waals surface area contributed by atoms with Gasteiger partial charge in [0.15, 0.2) is 0 Å². The molecule has 0 unspecified atom stereocenters. The highest BCUT2D eigenvalue weighted by Gasteiger charge is 2.31. The minimum Gasteiger partial charge on any atom is -0.480 e. The quantitative estimate of drug-likeness (QED) is 0.800. The van der Waals surface area contributed by atoms with E-state index in [0.29, 0.717) is 4.90 Å². The number of hydrogen-bond acceptors (Lipinski definition) is 4. The molecule has 0 aliphatic heterocycles. The van der Waals surface area contributed by atoms with Crippen LogP contribution in [-0.2, 0) is 17.9 Å². The van der Waals surface area contributed by atoms with Gasteiger partial charge in [-0.2, -0.15) is 13.2 Å². The molecule has 20 heavy (non-hydrogen) atoms. The number of carboxylic acids is 1.